The lowest BCUT2D eigenvalue weighted by molar-refractivity contribution is 0.112. The van der Waals surface area contributed by atoms with E-state index in [1.54, 1.807) is 6.07 Å². The first-order valence-electron chi connectivity index (χ1n) is 6.81. The molecule has 1 heterocycles. The van der Waals surface area contributed by atoms with Gasteiger partial charge in [-0.15, -0.1) is 12.3 Å². The molecule has 1 aromatic rings. The molecule has 0 unspecified atom stereocenters. The van der Waals surface area contributed by atoms with E-state index in [1.165, 1.54) is 0 Å². The molecular formula is C16H18N2O2. The minimum Gasteiger partial charge on any atom is -0.493 e. The zero-order chi connectivity index (χ0) is 14.4. The molecule has 0 saturated heterocycles. The maximum absolute atomic E-state index is 10.9. The van der Waals surface area contributed by atoms with Gasteiger partial charge in [-0.25, -0.2) is 0 Å². The van der Waals surface area contributed by atoms with Gasteiger partial charge in [0.2, 0.25) is 0 Å². The first-order chi connectivity index (χ1) is 9.73. The molecule has 1 aliphatic heterocycles. The minimum absolute atomic E-state index is 0.303. The molecule has 0 spiro atoms. The second kappa shape index (κ2) is 6.33. The number of rotatable bonds is 8. The molecule has 0 amide bonds. The summed E-state index contributed by atoms with van der Waals surface area (Å²) in [4.78, 5) is 10.9. The smallest absolute Gasteiger partial charge is 0.195 e. The van der Waals surface area contributed by atoms with E-state index in [4.69, 9.17) is 11.2 Å². The zero-order valence-corrected chi connectivity index (χ0v) is 11.6. The number of ether oxygens (including phenoxy) is 1. The van der Waals surface area contributed by atoms with Gasteiger partial charge in [0, 0.05) is 24.8 Å². The zero-order valence-electron chi connectivity index (χ0n) is 11.6. The third-order valence-electron chi connectivity index (χ3n) is 3.45. The Morgan fingerprint density at radius 1 is 1.40 bits per heavy atom. The Labute approximate surface area is 119 Å². The van der Waals surface area contributed by atoms with Crippen LogP contribution in [0.4, 0.5) is 0 Å². The molecule has 0 fully saturated rings. The van der Waals surface area contributed by atoms with E-state index >= 15 is 0 Å². The van der Waals surface area contributed by atoms with Crippen LogP contribution in [0.1, 0.15) is 42.1 Å². The summed E-state index contributed by atoms with van der Waals surface area (Å²) >= 11 is 0. The van der Waals surface area contributed by atoms with Crippen molar-refractivity contribution >= 4 is 6.29 Å². The number of terminal acetylenes is 1. The summed E-state index contributed by atoms with van der Waals surface area (Å²) < 4.78 is 5.72. The molecule has 1 aromatic carbocycles. The molecule has 0 bridgehead atoms. The normalized spacial score (nSPS) is 14.6. The second-order valence-corrected chi connectivity index (χ2v) is 4.82. The van der Waals surface area contributed by atoms with Crippen LogP contribution in [-0.4, -0.2) is 18.6 Å². The highest BCUT2D eigenvalue weighted by atomic mass is 16.5. The van der Waals surface area contributed by atoms with Gasteiger partial charge in [-0.05, 0) is 30.2 Å². The van der Waals surface area contributed by atoms with Crippen LogP contribution in [0.2, 0.25) is 0 Å². The van der Waals surface area contributed by atoms with Crippen LogP contribution in [0.5, 0.6) is 5.75 Å². The number of benzene rings is 1. The van der Waals surface area contributed by atoms with E-state index in [0.717, 1.165) is 42.4 Å². The van der Waals surface area contributed by atoms with Gasteiger partial charge >= 0.3 is 0 Å². The number of carbonyl (C=O) groups excluding carboxylic acids is 1. The Hall–Kier alpha value is -2.15. The van der Waals surface area contributed by atoms with Crippen molar-refractivity contribution in [3.63, 3.8) is 0 Å². The van der Waals surface area contributed by atoms with E-state index < -0.39 is 0 Å². The number of hydrogen-bond acceptors (Lipinski definition) is 4. The fraction of sp³-hybridized carbons (Fsp3) is 0.438. The van der Waals surface area contributed by atoms with Gasteiger partial charge in [0.25, 0.3) is 0 Å². The molecule has 4 heteroatoms. The van der Waals surface area contributed by atoms with E-state index in [2.05, 4.69) is 16.1 Å². The van der Waals surface area contributed by atoms with Crippen LogP contribution in [0.3, 0.4) is 0 Å². The molecule has 104 valence electrons. The first kappa shape index (κ1) is 14.3. The van der Waals surface area contributed by atoms with E-state index in [9.17, 15) is 4.79 Å². The maximum Gasteiger partial charge on any atom is 0.195 e. The van der Waals surface area contributed by atoms with Gasteiger partial charge in [0.05, 0.1) is 6.61 Å². The third-order valence-corrected chi connectivity index (χ3v) is 3.45. The summed E-state index contributed by atoms with van der Waals surface area (Å²) in [5, 5.41) is 8.13. The van der Waals surface area contributed by atoms with Crippen molar-refractivity contribution in [3.8, 4) is 18.1 Å². The summed E-state index contributed by atoms with van der Waals surface area (Å²) in [6, 6.07) is 5.53. The highest BCUT2D eigenvalue weighted by Crippen LogP contribution is 2.36. The monoisotopic (exact) mass is 270 g/mol. The largest absolute Gasteiger partial charge is 0.493 e. The maximum atomic E-state index is 10.9. The standard InChI is InChI=1S/C16H18N2O2/c1-3-5-8-16(17-18-16)9-10-20-15-7-6-14(12-19)13(4-2)11-15/h1,6-7,11-12H,4-5,8-10H2,2H3. The lowest BCUT2D eigenvalue weighted by Crippen LogP contribution is -2.15. The fourth-order valence-electron chi connectivity index (χ4n) is 2.09. The quantitative estimate of drug-likeness (QED) is 0.537. The molecule has 0 N–H and O–H groups in total. The molecule has 4 nitrogen and oxygen atoms in total. The van der Waals surface area contributed by atoms with Gasteiger partial charge in [-0.3, -0.25) is 4.79 Å². The Morgan fingerprint density at radius 3 is 2.80 bits per heavy atom. The average Bonchev–Trinajstić information content (AvgIpc) is 3.25. The molecule has 0 radical (unpaired) electrons. The molecular weight excluding hydrogens is 252 g/mol. The molecule has 0 aliphatic carbocycles. The van der Waals surface area contributed by atoms with Crippen molar-refractivity contribution in [2.45, 2.75) is 38.3 Å². The molecule has 0 saturated carbocycles. The second-order valence-electron chi connectivity index (χ2n) is 4.82. The Morgan fingerprint density at radius 2 is 2.20 bits per heavy atom. The first-order valence-corrected chi connectivity index (χ1v) is 6.81. The Balaban J connectivity index is 1.85. The summed E-state index contributed by atoms with van der Waals surface area (Å²) in [6.07, 6.45) is 9.14. The van der Waals surface area contributed by atoms with Gasteiger partial charge in [0.15, 0.2) is 5.66 Å². The van der Waals surface area contributed by atoms with Crippen molar-refractivity contribution in [3.05, 3.63) is 29.3 Å². The molecule has 1 aliphatic rings. The fourth-order valence-corrected chi connectivity index (χ4v) is 2.09. The van der Waals surface area contributed by atoms with Crippen molar-refractivity contribution in [2.24, 2.45) is 10.2 Å². The third kappa shape index (κ3) is 3.45. The average molecular weight is 270 g/mol. The Kier molecular flexibility index (Phi) is 4.52. The molecule has 0 atom stereocenters. The van der Waals surface area contributed by atoms with Gasteiger partial charge < -0.3 is 4.74 Å². The highest BCUT2D eigenvalue weighted by molar-refractivity contribution is 5.77. The van der Waals surface area contributed by atoms with Crippen molar-refractivity contribution in [1.82, 2.24) is 0 Å². The minimum atomic E-state index is -0.303. The Bertz CT molecular complexity index is 552. The van der Waals surface area contributed by atoms with E-state index in [-0.39, 0.29) is 5.66 Å². The highest BCUT2D eigenvalue weighted by Gasteiger charge is 2.38. The van der Waals surface area contributed by atoms with E-state index in [1.807, 2.05) is 19.1 Å². The predicted octanol–water partition coefficient (Wildman–Crippen LogP) is 3.41. The number of hydrogen-bond donors (Lipinski definition) is 0. The van der Waals surface area contributed by atoms with Gasteiger partial charge in [-0.1, -0.05) is 6.92 Å². The van der Waals surface area contributed by atoms with Crippen LogP contribution < -0.4 is 4.74 Å². The number of nitrogens with zero attached hydrogens (tertiary/aromatic N) is 2. The number of aryl methyl sites for hydroxylation is 1. The summed E-state index contributed by atoms with van der Waals surface area (Å²) in [5.41, 5.74) is 1.42. The molecule has 20 heavy (non-hydrogen) atoms. The topological polar surface area (TPSA) is 51.0 Å². The predicted molar refractivity (Wildman–Crippen MR) is 77.0 cm³/mol. The van der Waals surface area contributed by atoms with Gasteiger partial charge in [-0.2, -0.15) is 10.2 Å². The van der Waals surface area contributed by atoms with Crippen LogP contribution in [0.15, 0.2) is 28.4 Å². The van der Waals surface area contributed by atoms with E-state index in [0.29, 0.717) is 13.0 Å². The number of carbonyl (C=O) groups is 1. The van der Waals surface area contributed by atoms with Crippen molar-refractivity contribution in [2.75, 3.05) is 6.61 Å². The lowest BCUT2D eigenvalue weighted by atomic mass is 10.0. The van der Waals surface area contributed by atoms with Crippen LogP contribution in [0.25, 0.3) is 0 Å². The SMILES string of the molecule is C#CCCC1(CCOc2ccc(C=O)c(CC)c2)N=N1. The van der Waals surface area contributed by atoms with Crippen molar-refractivity contribution < 1.29 is 9.53 Å². The summed E-state index contributed by atoms with van der Waals surface area (Å²) in [6.45, 7) is 2.56. The van der Waals surface area contributed by atoms with Crippen LogP contribution in [-0.2, 0) is 6.42 Å². The lowest BCUT2D eigenvalue weighted by Gasteiger charge is -2.11. The van der Waals surface area contributed by atoms with Crippen molar-refractivity contribution in [1.29, 1.82) is 0 Å². The molecule has 0 aromatic heterocycles. The molecule has 2 rings (SSSR count). The van der Waals surface area contributed by atoms with Crippen LogP contribution in [0, 0.1) is 12.3 Å². The van der Waals surface area contributed by atoms with Crippen LogP contribution >= 0.6 is 0 Å². The summed E-state index contributed by atoms with van der Waals surface area (Å²) in [7, 11) is 0. The van der Waals surface area contributed by atoms with Gasteiger partial charge in [0.1, 0.15) is 12.0 Å². The number of aldehydes is 1. The summed E-state index contributed by atoms with van der Waals surface area (Å²) in [5.74, 6) is 3.38.